The van der Waals surface area contributed by atoms with E-state index in [1.54, 1.807) is 23.2 Å². The Hall–Kier alpha value is -1.63. The summed E-state index contributed by atoms with van der Waals surface area (Å²) in [5, 5.41) is 2.86. The zero-order valence-corrected chi connectivity index (χ0v) is 15.2. The number of carbonyl (C=O) groups excluding carboxylic acids is 2. The van der Waals surface area contributed by atoms with E-state index in [0.29, 0.717) is 23.3 Å². The van der Waals surface area contributed by atoms with Crippen LogP contribution in [-0.4, -0.2) is 46.6 Å². The first-order valence-electron chi connectivity index (χ1n) is 7.65. The first-order chi connectivity index (χ1) is 10.7. The van der Waals surface area contributed by atoms with Gasteiger partial charge in [0, 0.05) is 25.3 Å². The van der Waals surface area contributed by atoms with Crippen molar-refractivity contribution in [1.82, 2.24) is 15.2 Å². The van der Waals surface area contributed by atoms with Gasteiger partial charge >= 0.3 is 6.09 Å². The van der Waals surface area contributed by atoms with Gasteiger partial charge in [-0.25, -0.2) is 9.78 Å². The number of carbonyl (C=O) groups is 2. The molecule has 0 bridgehead atoms. The fourth-order valence-corrected chi connectivity index (χ4v) is 2.62. The third-order valence-electron chi connectivity index (χ3n) is 3.48. The number of amides is 2. The maximum absolute atomic E-state index is 12.4. The van der Waals surface area contributed by atoms with Crippen LogP contribution in [0.1, 0.15) is 44.0 Å². The van der Waals surface area contributed by atoms with Gasteiger partial charge in [-0.3, -0.25) is 4.79 Å². The standard InChI is InChI=1S/C16H22BrN3O3/c1-16(2,3)23-15(22)19-12-6-8-20(9-7-12)14(21)11-4-5-13(17)18-10-11/h4-5,10,12H,6-9H2,1-3H3,(H,19,22). The highest BCUT2D eigenvalue weighted by atomic mass is 79.9. The number of piperidine rings is 1. The molecule has 1 aromatic heterocycles. The first kappa shape index (κ1) is 17.7. The summed E-state index contributed by atoms with van der Waals surface area (Å²) in [7, 11) is 0. The van der Waals surface area contributed by atoms with Gasteiger partial charge < -0.3 is 15.0 Å². The van der Waals surface area contributed by atoms with Gasteiger partial charge in [-0.1, -0.05) is 0 Å². The van der Waals surface area contributed by atoms with Crippen molar-refractivity contribution in [1.29, 1.82) is 0 Å². The van der Waals surface area contributed by atoms with Crippen molar-refractivity contribution in [2.24, 2.45) is 0 Å². The summed E-state index contributed by atoms with van der Waals surface area (Å²) in [6, 6.07) is 3.55. The second-order valence-corrected chi connectivity index (χ2v) is 7.39. The molecule has 126 valence electrons. The van der Waals surface area contributed by atoms with E-state index < -0.39 is 11.7 Å². The number of halogens is 1. The maximum atomic E-state index is 12.4. The normalized spacial score (nSPS) is 16.1. The molecule has 7 heteroatoms. The minimum atomic E-state index is -0.505. The van der Waals surface area contributed by atoms with Crippen LogP contribution >= 0.6 is 15.9 Å². The van der Waals surface area contributed by atoms with Gasteiger partial charge in [0.25, 0.3) is 5.91 Å². The smallest absolute Gasteiger partial charge is 0.407 e. The van der Waals surface area contributed by atoms with E-state index in [1.807, 2.05) is 20.8 Å². The van der Waals surface area contributed by atoms with Crippen molar-refractivity contribution in [2.75, 3.05) is 13.1 Å². The molecule has 1 aliphatic rings. The molecule has 0 atom stereocenters. The Morgan fingerprint density at radius 2 is 1.96 bits per heavy atom. The molecule has 1 saturated heterocycles. The molecule has 0 aliphatic carbocycles. The monoisotopic (exact) mass is 383 g/mol. The van der Waals surface area contributed by atoms with Gasteiger partial charge in [-0.05, 0) is 61.7 Å². The Balaban J connectivity index is 1.83. The lowest BCUT2D eigenvalue weighted by atomic mass is 10.0. The fourth-order valence-electron chi connectivity index (χ4n) is 2.39. The Labute approximate surface area is 144 Å². The van der Waals surface area contributed by atoms with E-state index in [9.17, 15) is 9.59 Å². The summed E-state index contributed by atoms with van der Waals surface area (Å²) in [6.45, 7) is 6.71. The molecule has 1 aliphatic heterocycles. The molecule has 0 spiro atoms. The van der Waals surface area contributed by atoms with E-state index in [-0.39, 0.29) is 11.9 Å². The number of alkyl carbamates (subject to hydrolysis) is 1. The molecule has 6 nitrogen and oxygen atoms in total. The van der Waals surface area contributed by atoms with Gasteiger partial charge in [0.15, 0.2) is 0 Å². The lowest BCUT2D eigenvalue weighted by Crippen LogP contribution is -2.47. The minimum Gasteiger partial charge on any atom is -0.444 e. The van der Waals surface area contributed by atoms with Crippen LogP contribution in [0, 0.1) is 0 Å². The molecule has 23 heavy (non-hydrogen) atoms. The van der Waals surface area contributed by atoms with Crippen LogP contribution in [-0.2, 0) is 4.74 Å². The third kappa shape index (κ3) is 5.49. The summed E-state index contributed by atoms with van der Waals surface area (Å²) < 4.78 is 5.96. The van der Waals surface area contributed by atoms with Gasteiger partial charge in [0.05, 0.1) is 5.56 Å². The Bertz CT molecular complexity index is 561. The van der Waals surface area contributed by atoms with Crippen LogP contribution < -0.4 is 5.32 Å². The van der Waals surface area contributed by atoms with E-state index in [0.717, 1.165) is 12.8 Å². The van der Waals surface area contributed by atoms with Gasteiger partial charge in [-0.2, -0.15) is 0 Å². The molecule has 0 aromatic carbocycles. The third-order valence-corrected chi connectivity index (χ3v) is 3.95. The van der Waals surface area contributed by atoms with Crippen molar-refractivity contribution in [3.05, 3.63) is 28.5 Å². The minimum absolute atomic E-state index is 0.0271. The van der Waals surface area contributed by atoms with Crippen molar-refractivity contribution in [3.63, 3.8) is 0 Å². The number of aromatic nitrogens is 1. The van der Waals surface area contributed by atoms with E-state index in [2.05, 4.69) is 26.2 Å². The number of pyridine rings is 1. The predicted molar refractivity (Wildman–Crippen MR) is 90.2 cm³/mol. The number of nitrogens with zero attached hydrogens (tertiary/aromatic N) is 2. The lowest BCUT2D eigenvalue weighted by Gasteiger charge is -2.32. The molecule has 1 fully saturated rings. The second-order valence-electron chi connectivity index (χ2n) is 6.58. The number of nitrogens with one attached hydrogen (secondary N) is 1. The van der Waals surface area contributed by atoms with Crippen LogP contribution in [0.15, 0.2) is 22.9 Å². The quantitative estimate of drug-likeness (QED) is 0.796. The maximum Gasteiger partial charge on any atom is 0.407 e. The Morgan fingerprint density at radius 1 is 1.30 bits per heavy atom. The average molecular weight is 384 g/mol. The fraction of sp³-hybridized carbons (Fsp3) is 0.562. The van der Waals surface area contributed by atoms with Crippen LogP contribution in [0.4, 0.5) is 4.79 Å². The molecule has 0 unspecified atom stereocenters. The predicted octanol–water partition coefficient (Wildman–Crippen LogP) is 2.97. The van der Waals surface area contributed by atoms with Gasteiger partial charge in [0.1, 0.15) is 10.2 Å². The molecular weight excluding hydrogens is 362 g/mol. The topological polar surface area (TPSA) is 71.5 Å². The van der Waals surface area contributed by atoms with Crippen LogP contribution in [0.3, 0.4) is 0 Å². The zero-order valence-electron chi connectivity index (χ0n) is 13.6. The number of hydrogen-bond acceptors (Lipinski definition) is 4. The molecular formula is C16H22BrN3O3. The van der Waals surface area contributed by atoms with E-state index in [4.69, 9.17) is 4.74 Å². The Kier molecular flexibility index (Phi) is 5.62. The lowest BCUT2D eigenvalue weighted by molar-refractivity contribution is 0.0473. The summed E-state index contributed by atoms with van der Waals surface area (Å²) in [5.41, 5.74) is 0.0711. The summed E-state index contributed by atoms with van der Waals surface area (Å²) in [6.07, 6.45) is 2.60. The van der Waals surface area contributed by atoms with Gasteiger partial charge in [0.2, 0.25) is 0 Å². The summed E-state index contributed by atoms with van der Waals surface area (Å²) in [4.78, 5) is 30.0. The number of likely N-dealkylation sites (tertiary alicyclic amines) is 1. The number of hydrogen-bond donors (Lipinski definition) is 1. The second kappa shape index (κ2) is 7.29. The van der Waals surface area contributed by atoms with Crippen LogP contribution in [0.5, 0.6) is 0 Å². The zero-order chi connectivity index (χ0) is 17.0. The molecule has 1 N–H and O–H groups in total. The number of rotatable bonds is 2. The molecule has 1 aromatic rings. The van der Waals surface area contributed by atoms with Crippen molar-refractivity contribution >= 4 is 27.9 Å². The molecule has 2 heterocycles. The van der Waals surface area contributed by atoms with E-state index >= 15 is 0 Å². The molecule has 0 radical (unpaired) electrons. The van der Waals surface area contributed by atoms with Crippen LogP contribution in [0.25, 0.3) is 0 Å². The van der Waals surface area contributed by atoms with Crippen LogP contribution in [0.2, 0.25) is 0 Å². The van der Waals surface area contributed by atoms with Crippen molar-refractivity contribution in [3.8, 4) is 0 Å². The van der Waals surface area contributed by atoms with Gasteiger partial charge in [-0.15, -0.1) is 0 Å². The average Bonchev–Trinajstić information content (AvgIpc) is 2.46. The van der Waals surface area contributed by atoms with Crippen molar-refractivity contribution < 1.29 is 14.3 Å². The highest BCUT2D eigenvalue weighted by Gasteiger charge is 2.26. The highest BCUT2D eigenvalue weighted by Crippen LogP contribution is 2.16. The first-order valence-corrected chi connectivity index (χ1v) is 8.44. The SMILES string of the molecule is CC(C)(C)OC(=O)NC1CCN(C(=O)c2ccc(Br)nc2)CC1. The Morgan fingerprint density at radius 3 is 2.48 bits per heavy atom. The number of ether oxygens (including phenoxy) is 1. The highest BCUT2D eigenvalue weighted by molar-refractivity contribution is 9.10. The van der Waals surface area contributed by atoms with Crippen molar-refractivity contribution in [2.45, 2.75) is 45.3 Å². The largest absolute Gasteiger partial charge is 0.444 e. The molecule has 0 saturated carbocycles. The summed E-state index contributed by atoms with van der Waals surface area (Å²) in [5.74, 6) is -0.0271. The molecule has 2 rings (SSSR count). The van der Waals surface area contributed by atoms with E-state index in [1.165, 1.54) is 0 Å². The summed E-state index contributed by atoms with van der Waals surface area (Å²) >= 11 is 3.25. The molecule has 2 amide bonds.